The quantitative estimate of drug-likeness (QED) is 0.388. The number of imidazole rings is 1. The van der Waals surface area contributed by atoms with Crippen LogP contribution in [0.25, 0.3) is 21.9 Å². The van der Waals surface area contributed by atoms with E-state index < -0.39 is 27.5 Å². The van der Waals surface area contributed by atoms with Crippen LogP contribution in [-0.2, 0) is 16.6 Å². The van der Waals surface area contributed by atoms with E-state index in [-0.39, 0.29) is 10.5 Å². The monoisotopic (exact) mass is 495 g/mol. The highest BCUT2D eigenvalue weighted by atomic mass is 32.2. The zero-order chi connectivity index (χ0) is 25.3. The minimum Gasteiger partial charge on any atom is -0.342 e. The summed E-state index contributed by atoms with van der Waals surface area (Å²) in [5.74, 6) is 0.210. The van der Waals surface area contributed by atoms with Gasteiger partial charge in [-0.1, -0.05) is 26.0 Å². The largest absolute Gasteiger partial charge is 0.342 e. The maximum atomic E-state index is 13.4. The number of hydrogen-bond donors (Lipinski definition) is 2. The molecule has 0 fully saturated rings. The van der Waals surface area contributed by atoms with E-state index in [1.54, 1.807) is 13.8 Å². The predicted molar refractivity (Wildman–Crippen MR) is 136 cm³/mol. The van der Waals surface area contributed by atoms with Gasteiger partial charge in [0.1, 0.15) is 5.82 Å². The Morgan fingerprint density at radius 1 is 1.11 bits per heavy atom. The number of pyridine rings is 1. The molecule has 1 amide bonds. The molecule has 2 aromatic carbocycles. The molecule has 2 aromatic heterocycles. The molecule has 2 N–H and O–H groups in total. The fourth-order valence-corrected chi connectivity index (χ4v) is 5.87. The standard InChI is InChI=1S/C25H29N5O4S/c1-5-29(6-2)35(33,34)17-12-13-20-18(14-17)19(15-23(31)27-20)25(32)26-16(4)24-28-21-10-8-9-11-22(21)30(24)7-3/h8-16H,5-7H2,1-4H3,(H,26,32)(H,27,31). The first-order valence-corrected chi connectivity index (χ1v) is 13.1. The van der Waals surface area contributed by atoms with Crippen molar-refractivity contribution in [1.82, 2.24) is 24.2 Å². The van der Waals surface area contributed by atoms with Gasteiger partial charge in [0.25, 0.3) is 5.91 Å². The van der Waals surface area contributed by atoms with E-state index in [0.29, 0.717) is 36.4 Å². The van der Waals surface area contributed by atoms with Crippen molar-refractivity contribution in [3.05, 3.63) is 70.3 Å². The molecule has 0 aliphatic rings. The second-order valence-corrected chi connectivity index (χ2v) is 10.2. The third kappa shape index (κ3) is 4.46. The Hall–Kier alpha value is -3.50. The summed E-state index contributed by atoms with van der Waals surface area (Å²) in [7, 11) is -3.74. The van der Waals surface area contributed by atoms with E-state index in [1.165, 1.54) is 28.6 Å². The van der Waals surface area contributed by atoms with Gasteiger partial charge in [-0.15, -0.1) is 0 Å². The van der Waals surface area contributed by atoms with Crippen LogP contribution >= 0.6 is 0 Å². The van der Waals surface area contributed by atoms with Crippen LogP contribution in [0.1, 0.15) is 49.9 Å². The number of carbonyl (C=O) groups excluding carboxylic acids is 1. The van der Waals surface area contributed by atoms with E-state index in [0.717, 1.165) is 11.0 Å². The van der Waals surface area contributed by atoms with Crippen LogP contribution in [0.3, 0.4) is 0 Å². The van der Waals surface area contributed by atoms with Crippen molar-refractivity contribution in [2.75, 3.05) is 13.1 Å². The van der Waals surface area contributed by atoms with E-state index in [4.69, 9.17) is 4.98 Å². The van der Waals surface area contributed by atoms with Gasteiger partial charge in [0.15, 0.2) is 0 Å². The molecule has 0 radical (unpaired) electrons. The average molecular weight is 496 g/mol. The molecule has 35 heavy (non-hydrogen) atoms. The van der Waals surface area contributed by atoms with Crippen LogP contribution in [0.2, 0.25) is 0 Å². The van der Waals surface area contributed by atoms with E-state index in [1.807, 2.05) is 42.7 Å². The van der Waals surface area contributed by atoms with E-state index in [9.17, 15) is 18.0 Å². The van der Waals surface area contributed by atoms with Gasteiger partial charge < -0.3 is 14.9 Å². The number of nitrogens with zero attached hydrogens (tertiary/aromatic N) is 3. The van der Waals surface area contributed by atoms with Crippen LogP contribution in [0.4, 0.5) is 0 Å². The van der Waals surface area contributed by atoms with Crippen LogP contribution in [0, 0.1) is 0 Å². The Kier molecular flexibility index (Phi) is 6.77. The minimum atomic E-state index is -3.74. The van der Waals surface area contributed by atoms with Crippen molar-refractivity contribution in [3.8, 4) is 0 Å². The Balaban J connectivity index is 1.75. The highest BCUT2D eigenvalue weighted by Gasteiger charge is 2.24. The first-order chi connectivity index (χ1) is 16.7. The number of H-pyrrole nitrogens is 1. The molecule has 1 unspecified atom stereocenters. The molecule has 4 aromatic rings. The Labute approximate surface area is 203 Å². The first kappa shape index (κ1) is 24.6. The van der Waals surface area contributed by atoms with Gasteiger partial charge in [-0.2, -0.15) is 4.31 Å². The summed E-state index contributed by atoms with van der Waals surface area (Å²) in [4.78, 5) is 33.1. The smallest absolute Gasteiger partial charge is 0.252 e. The molecule has 0 spiro atoms. The zero-order valence-corrected chi connectivity index (χ0v) is 21.0. The summed E-state index contributed by atoms with van der Waals surface area (Å²) in [5.41, 5.74) is 1.84. The molecule has 1 atom stereocenters. The molecule has 9 nitrogen and oxygen atoms in total. The molecule has 0 bridgehead atoms. The number of aryl methyl sites for hydroxylation is 1. The number of rotatable bonds is 8. The highest BCUT2D eigenvalue weighted by molar-refractivity contribution is 7.89. The number of nitrogens with one attached hydrogen (secondary N) is 2. The highest BCUT2D eigenvalue weighted by Crippen LogP contribution is 2.24. The molecular weight excluding hydrogens is 466 g/mol. The van der Waals surface area contributed by atoms with Gasteiger partial charge in [-0.3, -0.25) is 9.59 Å². The lowest BCUT2D eigenvalue weighted by molar-refractivity contribution is 0.0939. The molecule has 0 aliphatic heterocycles. The Morgan fingerprint density at radius 2 is 1.83 bits per heavy atom. The molecule has 184 valence electrons. The average Bonchev–Trinajstić information content (AvgIpc) is 3.22. The van der Waals surface area contributed by atoms with Gasteiger partial charge in [0.05, 0.1) is 27.5 Å². The number of aromatic amines is 1. The van der Waals surface area contributed by atoms with Crippen molar-refractivity contribution in [2.24, 2.45) is 0 Å². The molecule has 0 aliphatic carbocycles. The summed E-state index contributed by atoms with van der Waals surface area (Å²) >= 11 is 0. The summed E-state index contributed by atoms with van der Waals surface area (Å²) in [6, 6.07) is 12.9. The molecule has 0 saturated carbocycles. The lowest BCUT2D eigenvalue weighted by Crippen LogP contribution is -2.31. The Bertz CT molecular complexity index is 1570. The zero-order valence-electron chi connectivity index (χ0n) is 20.2. The number of hydrogen-bond acceptors (Lipinski definition) is 5. The van der Waals surface area contributed by atoms with Gasteiger partial charge in [0.2, 0.25) is 15.6 Å². The van der Waals surface area contributed by atoms with Crippen molar-refractivity contribution >= 4 is 37.9 Å². The number of amides is 1. The molecule has 4 rings (SSSR count). The minimum absolute atomic E-state index is 0.0654. The molecular formula is C25H29N5O4S. The van der Waals surface area contributed by atoms with Crippen molar-refractivity contribution in [3.63, 3.8) is 0 Å². The summed E-state index contributed by atoms with van der Waals surface area (Å²) in [5, 5.41) is 3.29. The number of sulfonamides is 1. The van der Waals surface area contributed by atoms with Crippen molar-refractivity contribution < 1.29 is 13.2 Å². The van der Waals surface area contributed by atoms with E-state index in [2.05, 4.69) is 10.3 Å². The molecule has 2 heterocycles. The Morgan fingerprint density at radius 3 is 2.51 bits per heavy atom. The third-order valence-corrected chi connectivity index (χ3v) is 8.18. The van der Waals surface area contributed by atoms with Crippen LogP contribution in [0.5, 0.6) is 0 Å². The fourth-order valence-electron chi connectivity index (χ4n) is 4.39. The van der Waals surface area contributed by atoms with Crippen molar-refractivity contribution in [1.29, 1.82) is 0 Å². The number of para-hydroxylation sites is 2. The number of carbonyl (C=O) groups is 1. The van der Waals surface area contributed by atoms with Gasteiger partial charge in [-0.05, 0) is 44.2 Å². The predicted octanol–water partition coefficient (Wildman–Crippen LogP) is 3.42. The third-order valence-electron chi connectivity index (χ3n) is 6.14. The van der Waals surface area contributed by atoms with Gasteiger partial charge in [0, 0.05) is 36.6 Å². The van der Waals surface area contributed by atoms with Crippen LogP contribution in [-0.4, -0.2) is 46.3 Å². The second-order valence-electron chi connectivity index (χ2n) is 8.24. The topological polar surface area (TPSA) is 117 Å². The lowest BCUT2D eigenvalue weighted by atomic mass is 10.1. The van der Waals surface area contributed by atoms with E-state index >= 15 is 0 Å². The van der Waals surface area contributed by atoms with Gasteiger partial charge >= 0.3 is 0 Å². The molecule has 10 heteroatoms. The summed E-state index contributed by atoms with van der Waals surface area (Å²) in [6.45, 7) is 8.70. The molecule has 0 saturated heterocycles. The fraction of sp³-hybridized carbons (Fsp3) is 0.320. The summed E-state index contributed by atoms with van der Waals surface area (Å²) in [6.07, 6.45) is 0. The van der Waals surface area contributed by atoms with Crippen LogP contribution in [0.15, 0.2) is 58.2 Å². The second kappa shape index (κ2) is 9.63. The van der Waals surface area contributed by atoms with Crippen molar-refractivity contribution in [2.45, 2.75) is 45.2 Å². The maximum Gasteiger partial charge on any atom is 0.252 e. The number of benzene rings is 2. The SMILES string of the molecule is CCN(CC)S(=O)(=O)c1ccc2[nH]c(=O)cc(C(=O)NC(C)c3nc4ccccc4n3CC)c2c1. The maximum absolute atomic E-state index is 13.4. The van der Waals surface area contributed by atoms with Crippen LogP contribution < -0.4 is 10.9 Å². The first-order valence-electron chi connectivity index (χ1n) is 11.6. The van der Waals surface area contributed by atoms with Gasteiger partial charge in [-0.25, -0.2) is 13.4 Å². The normalized spacial score (nSPS) is 12.9. The number of fused-ring (bicyclic) bond motifs is 2. The lowest BCUT2D eigenvalue weighted by Gasteiger charge is -2.19. The summed E-state index contributed by atoms with van der Waals surface area (Å²) < 4.78 is 29.5. The number of aromatic nitrogens is 3.